The Kier molecular flexibility index (Phi) is 6.48. The van der Waals surface area contributed by atoms with Crippen molar-refractivity contribution in [3.8, 4) is 17.2 Å². The number of amides is 1. The van der Waals surface area contributed by atoms with Gasteiger partial charge in [0.2, 0.25) is 0 Å². The lowest BCUT2D eigenvalue weighted by atomic mass is 9.94. The van der Waals surface area contributed by atoms with Crippen LogP contribution in [-0.2, 0) is 9.59 Å². The number of ketones is 1. The van der Waals surface area contributed by atoms with Gasteiger partial charge in [-0.1, -0.05) is 12.1 Å². The van der Waals surface area contributed by atoms with Crippen molar-refractivity contribution in [2.75, 3.05) is 43.7 Å². The topological polar surface area (TPSA) is 88.5 Å². The standard InChI is InChI=1S/C29H28N2O6/c1-4-35-22-12-10-21(11-13-22)31-26(18-5-8-20(9-6-18)30(2)3)25(28(33)29(31)34)27(32)19-7-14-23-24(17-19)37-16-15-36-23/h5-14,17,26,32H,4,15-16H2,1-3H3/b27-25-. The third-order valence-electron chi connectivity index (χ3n) is 6.41. The number of anilines is 2. The van der Waals surface area contributed by atoms with Gasteiger partial charge in [-0.25, -0.2) is 0 Å². The molecule has 0 aromatic heterocycles. The maximum atomic E-state index is 13.4. The predicted molar refractivity (Wildman–Crippen MR) is 141 cm³/mol. The van der Waals surface area contributed by atoms with E-state index in [9.17, 15) is 14.7 Å². The van der Waals surface area contributed by atoms with Gasteiger partial charge in [0.05, 0.1) is 18.2 Å². The van der Waals surface area contributed by atoms with Crippen LogP contribution in [0.2, 0.25) is 0 Å². The van der Waals surface area contributed by atoms with Crippen molar-refractivity contribution in [3.63, 3.8) is 0 Å². The molecule has 190 valence electrons. The molecule has 1 atom stereocenters. The van der Waals surface area contributed by atoms with Gasteiger partial charge in [0.15, 0.2) is 11.5 Å². The van der Waals surface area contributed by atoms with Crippen LogP contribution >= 0.6 is 0 Å². The third-order valence-corrected chi connectivity index (χ3v) is 6.41. The zero-order valence-corrected chi connectivity index (χ0v) is 20.9. The van der Waals surface area contributed by atoms with Crippen molar-refractivity contribution in [2.24, 2.45) is 0 Å². The van der Waals surface area contributed by atoms with E-state index in [4.69, 9.17) is 14.2 Å². The Morgan fingerprint density at radius 1 is 0.973 bits per heavy atom. The van der Waals surface area contributed by atoms with Gasteiger partial charge in [0.1, 0.15) is 24.7 Å². The number of benzene rings is 3. The highest BCUT2D eigenvalue weighted by Crippen LogP contribution is 2.43. The highest BCUT2D eigenvalue weighted by molar-refractivity contribution is 6.51. The minimum atomic E-state index is -0.831. The van der Waals surface area contributed by atoms with Gasteiger partial charge in [-0.3, -0.25) is 14.5 Å². The van der Waals surface area contributed by atoms with E-state index in [1.165, 1.54) is 4.90 Å². The number of rotatable bonds is 6. The molecular formula is C29H28N2O6. The van der Waals surface area contributed by atoms with E-state index in [0.717, 1.165) is 5.69 Å². The molecule has 1 N–H and O–H groups in total. The van der Waals surface area contributed by atoms with Crippen molar-refractivity contribution < 1.29 is 28.9 Å². The second-order valence-electron chi connectivity index (χ2n) is 8.94. The molecule has 1 amide bonds. The zero-order chi connectivity index (χ0) is 26.1. The van der Waals surface area contributed by atoms with Gasteiger partial charge in [0.25, 0.3) is 11.7 Å². The number of hydrogen-bond donors (Lipinski definition) is 1. The number of aliphatic hydroxyl groups excluding tert-OH is 1. The van der Waals surface area contributed by atoms with E-state index in [-0.39, 0.29) is 11.3 Å². The molecule has 0 radical (unpaired) electrons. The first-order chi connectivity index (χ1) is 17.9. The van der Waals surface area contributed by atoms with E-state index in [1.54, 1.807) is 42.5 Å². The van der Waals surface area contributed by atoms with E-state index >= 15 is 0 Å². The van der Waals surface area contributed by atoms with Crippen LogP contribution in [-0.4, -0.2) is 50.7 Å². The van der Waals surface area contributed by atoms with Gasteiger partial charge >= 0.3 is 0 Å². The molecule has 37 heavy (non-hydrogen) atoms. The van der Waals surface area contributed by atoms with E-state index in [1.807, 2.05) is 50.2 Å². The third kappa shape index (κ3) is 4.46. The molecule has 3 aromatic rings. The number of ether oxygens (including phenoxy) is 3. The fourth-order valence-corrected chi connectivity index (χ4v) is 4.58. The molecule has 0 spiro atoms. The number of carbonyl (C=O) groups excluding carboxylic acids is 2. The molecule has 0 bridgehead atoms. The smallest absolute Gasteiger partial charge is 0.300 e. The molecule has 2 aliphatic heterocycles. The first-order valence-corrected chi connectivity index (χ1v) is 12.1. The van der Waals surface area contributed by atoms with Crippen LogP contribution in [0.3, 0.4) is 0 Å². The molecule has 2 aliphatic rings. The van der Waals surface area contributed by atoms with Crippen LogP contribution in [0.15, 0.2) is 72.3 Å². The van der Waals surface area contributed by atoms with Gasteiger partial charge in [-0.2, -0.15) is 0 Å². The fraction of sp³-hybridized carbons (Fsp3) is 0.241. The van der Waals surface area contributed by atoms with Crippen LogP contribution in [0, 0.1) is 0 Å². The van der Waals surface area contributed by atoms with Crippen molar-refractivity contribution in [3.05, 3.63) is 83.4 Å². The minimum Gasteiger partial charge on any atom is -0.507 e. The molecule has 1 saturated heterocycles. The lowest BCUT2D eigenvalue weighted by molar-refractivity contribution is -0.132. The van der Waals surface area contributed by atoms with Crippen molar-refractivity contribution in [1.29, 1.82) is 0 Å². The van der Waals surface area contributed by atoms with Crippen molar-refractivity contribution in [2.45, 2.75) is 13.0 Å². The second kappa shape index (κ2) is 9.89. The molecule has 2 heterocycles. The van der Waals surface area contributed by atoms with Gasteiger partial charge in [-0.05, 0) is 67.1 Å². The number of carbonyl (C=O) groups is 2. The molecule has 0 aliphatic carbocycles. The van der Waals surface area contributed by atoms with Gasteiger partial charge in [-0.15, -0.1) is 0 Å². The van der Waals surface area contributed by atoms with Gasteiger partial charge in [0, 0.05) is 31.0 Å². The quantitative estimate of drug-likeness (QED) is 0.302. The maximum absolute atomic E-state index is 13.4. The first kappa shape index (κ1) is 24.2. The zero-order valence-electron chi connectivity index (χ0n) is 20.9. The summed E-state index contributed by atoms with van der Waals surface area (Å²) in [6.45, 7) is 3.23. The Hall–Kier alpha value is -4.46. The summed E-state index contributed by atoms with van der Waals surface area (Å²) in [6, 6.07) is 18.7. The summed E-state index contributed by atoms with van der Waals surface area (Å²) < 4.78 is 16.8. The van der Waals surface area contributed by atoms with Crippen LogP contribution in [0.1, 0.15) is 24.1 Å². The Labute approximate surface area is 215 Å². The molecule has 1 unspecified atom stereocenters. The van der Waals surface area contributed by atoms with Crippen molar-refractivity contribution >= 4 is 28.8 Å². The van der Waals surface area contributed by atoms with E-state index < -0.39 is 17.7 Å². The summed E-state index contributed by atoms with van der Waals surface area (Å²) >= 11 is 0. The molecule has 3 aromatic carbocycles. The largest absolute Gasteiger partial charge is 0.507 e. The molecule has 8 heteroatoms. The Morgan fingerprint density at radius 2 is 1.65 bits per heavy atom. The van der Waals surface area contributed by atoms with Crippen LogP contribution in [0.25, 0.3) is 5.76 Å². The summed E-state index contributed by atoms with van der Waals surface area (Å²) in [6.07, 6.45) is 0. The first-order valence-electron chi connectivity index (χ1n) is 12.1. The molecule has 5 rings (SSSR count). The average molecular weight is 501 g/mol. The number of fused-ring (bicyclic) bond motifs is 1. The molecule has 0 saturated carbocycles. The molecule has 1 fully saturated rings. The number of aliphatic hydroxyl groups is 1. The average Bonchev–Trinajstić information content (AvgIpc) is 3.18. The molecule has 8 nitrogen and oxygen atoms in total. The summed E-state index contributed by atoms with van der Waals surface area (Å²) in [5.74, 6) is -0.0549. The number of Topliss-reactive ketones (excluding diaryl/α,β-unsaturated/α-hetero) is 1. The highest BCUT2D eigenvalue weighted by Gasteiger charge is 2.47. The highest BCUT2D eigenvalue weighted by atomic mass is 16.6. The van der Waals surface area contributed by atoms with E-state index in [0.29, 0.717) is 53.9 Å². The normalized spacial score (nSPS) is 18.1. The van der Waals surface area contributed by atoms with Crippen LogP contribution in [0.4, 0.5) is 11.4 Å². The Morgan fingerprint density at radius 3 is 2.30 bits per heavy atom. The number of hydrogen-bond acceptors (Lipinski definition) is 7. The maximum Gasteiger partial charge on any atom is 0.300 e. The summed E-state index contributed by atoms with van der Waals surface area (Å²) in [7, 11) is 3.87. The van der Waals surface area contributed by atoms with Crippen molar-refractivity contribution in [1.82, 2.24) is 0 Å². The van der Waals surface area contributed by atoms with Crippen LogP contribution in [0.5, 0.6) is 17.2 Å². The lowest BCUT2D eigenvalue weighted by Gasteiger charge is -2.26. The lowest BCUT2D eigenvalue weighted by Crippen LogP contribution is -2.29. The Bertz CT molecular complexity index is 1360. The summed E-state index contributed by atoms with van der Waals surface area (Å²) in [4.78, 5) is 30.2. The minimum absolute atomic E-state index is 0.00756. The summed E-state index contributed by atoms with van der Waals surface area (Å²) in [5, 5.41) is 11.4. The number of nitrogens with zero attached hydrogens (tertiary/aromatic N) is 2. The second-order valence-corrected chi connectivity index (χ2v) is 8.94. The Balaban J connectivity index is 1.64. The van der Waals surface area contributed by atoms with Crippen LogP contribution < -0.4 is 24.0 Å². The summed E-state index contributed by atoms with van der Waals surface area (Å²) in [5.41, 5.74) is 2.55. The fourth-order valence-electron chi connectivity index (χ4n) is 4.58. The van der Waals surface area contributed by atoms with Gasteiger partial charge < -0.3 is 24.2 Å². The SMILES string of the molecule is CCOc1ccc(N2C(=O)C(=O)/C(=C(\O)c3ccc4c(c3)OCCO4)C2c2ccc(N(C)C)cc2)cc1. The predicted octanol–water partition coefficient (Wildman–Crippen LogP) is 4.55. The molecular weight excluding hydrogens is 472 g/mol. The monoisotopic (exact) mass is 500 g/mol. The van der Waals surface area contributed by atoms with E-state index in [2.05, 4.69) is 0 Å².